The molecule has 5 heteroatoms. The monoisotopic (exact) mass is 332 g/mol. The van der Waals surface area contributed by atoms with Crippen LogP contribution in [0.5, 0.6) is 5.75 Å². The molecule has 1 fully saturated rings. The summed E-state index contributed by atoms with van der Waals surface area (Å²) in [5.74, 6) is 2.56. The molecule has 1 unspecified atom stereocenters. The minimum Gasteiger partial charge on any atom is -0.495 e. The summed E-state index contributed by atoms with van der Waals surface area (Å²) in [4.78, 5) is 6.75. The molecule has 24 heavy (non-hydrogen) atoms. The van der Waals surface area contributed by atoms with Crippen LogP contribution < -0.4 is 20.3 Å². The summed E-state index contributed by atoms with van der Waals surface area (Å²) >= 11 is 0. The van der Waals surface area contributed by atoms with Crippen LogP contribution in [0.2, 0.25) is 0 Å². The molecule has 1 aliphatic heterocycles. The summed E-state index contributed by atoms with van der Waals surface area (Å²) in [7, 11) is 3.57. The fourth-order valence-corrected chi connectivity index (χ4v) is 3.19. The van der Waals surface area contributed by atoms with E-state index in [0.29, 0.717) is 12.0 Å². The van der Waals surface area contributed by atoms with Gasteiger partial charge >= 0.3 is 0 Å². The fraction of sp³-hybridized carbons (Fsp3) is 0.632. The Labute approximate surface area is 146 Å². The lowest BCUT2D eigenvalue weighted by molar-refractivity contribution is 0.415. The first kappa shape index (κ1) is 18.4. The van der Waals surface area contributed by atoms with Gasteiger partial charge in [0.05, 0.1) is 12.8 Å². The van der Waals surface area contributed by atoms with Gasteiger partial charge in [-0.25, -0.2) is 0 Å². The maximum Gasteiger partial charge on any atom is 0.191 e. The lowest BCUT2D eigenvalue weighted by Crippen LogP contribution is -2.45. The van der Waals surface area contributed by atoms with Crippen molar-refractivity contribution in [1.82, 2.24) is 10.6 Å². The van der Waals surface area contributed by atoms with E-state index in [-0.39, 0.29) is 0 Å². The molecule has 0 aliphatic carbocycles. The van der Waals surface area contributed by atoms with Gasteiger partial charge in [0.1, 0.15) is 5.75 Å². The smallest absolute Gasteiger partial charge is 0.191 e. The van der Waals surface area contributed by atoms with Crippen molar-refractivity contribution >= 4 is 11.6 Å². The van der Waals surface area contributed by atoms with Crippen molar-refractivity contribution in [3.63, 3.8) is 0 Å². The molecule has 0 spiro atoms. The minimum atomic E-state index is 0.405. The summed E-state index contributed by atoms with van der Waals surface area (Å²) in [5.41, 5.74) is 1.17. The van der Waals surface area contributed by atoms with E-state index in [1.165, 1.54) is 18.5 Å². The van der Waals surface area contributed by atoms with Crippen LogP contribution in [-0.2, 0) is 0 Å². The molecule has 0 amide bonds. The quantitative estimate of drug-likeness (QED) is 0.595. The van der Waals surface area contributed by atoms with E-state index in [4.69, 9.17) is 4.74 Å². The molecule has 0 saturated carbocycles. The van der Waals surface area contributed by atoms with Crippen LogP contribution in [0.1, 0.15) is 33.1 Å². The second-order valence-electron chi connectivity index (χ2n) is 6.38. The first-order valence-electron chi connectivity index (χ1n) is 9.06. The van der Waals surface area contributed by atoms with Crippen LogP contribution >= 0.6 is 0 Å². The molecule has 1 aliphatic rings. The van der Waals surface area contributed by atoms with Gasteiger partial charge in [-0.1, -0.05) is 38.8 Å². The van der Waals surface area contributed by atoms with Gasteiger partial charge in [-0.3, -0.25) is 4.99 Å². The largest absolute Gasteiger partial charge is 0.495 e. The second kappa shape index (κ2) is 9.40. The average Bonchev–Trinajstić information content (AvgIpc) is 3.09. The van der Waals surface area contributed by atoms with Crippen LogP contribution in [0.3, 0.4) is 0 Å². The summed E-state index contributed by atoms with van der Waals surface area (Å²) in [6.07, 6.45) is 3.50. The topological polar surface area (TPSA) is 48.9 Å². The first-order valence-corrected chi connectivity index (χ1v) is 9.06. The molecular formula is C19H32N4O. The van der Waals surface area contributed by atoms with E-state index in [9.17, 15) is 0 Å². The molecule has 1 aromatic rings. The maximum atomic E-state index is 5.49. The van der Waals surface area contributed by atoms with Crippen molar-refractivity contribution in [2.24, 2.45) is 10.9 Å². The number of aliphatic imine (C=N–C) groups is 1. The molecular weight excluding hydrogens is 300 g/mol. The van der Waals surface area contributed by atoms with Crippen LogP contribution in [0, 0.1) is 5.92 Å². The lowest BCUT2D eigenvalue weighted by Gasteiger charge is -2.22. The van der Waals surface area contributed by atoms with E-state index in [1.54, 1.807) is 7.11 Å². The molecule has 1 aromatic carbocycles. The van der Waals surface area contributed by atoms with E-state index < -0.39 is 0 Å². The Kier molecular flexibility index (Phi) is 7.22. The highest BCUT2D eigenvalue weighted by atomic mass is 16.5. The Hall–Kier alpha value is -1.91. The predicted octanol–water partition coefficient (Wildman–Crippen LogP) is 2.88. The number of nitrogens with one attached hydrogen (secondary N) is 2. The summed E-state index contributed by atoms with van der Waals surface area (Å²) in [6, 6.07) is 8.63. The molecule has 0 bridgehead atoms. The van der Waals surface area contributed by atoms with Crippen LogP contribution in [0.15, 0.2) is 29.3 Å². The van der Waals surface area contributed by atoms with Gasteiger partial charge in [-0.05, 0) is 24.5 Å². The van der Waals surface area contributed by atoms with Gasteiger partial charge in [0.15, 0.2) is 5.96 Å². The van der Waals surface area contributed by atoms with Crippen LogP contribution in [-0.4, -0.2) is 45.8 Å². The maximum absolute atomic E-state index is 5.49. The highest BCUT2D eigenvalue weighted by Crippen LogP contribution is 2.30. The number of guanidine groups is 1. The van der Waals surface area contributed by atoms with E-state index in [2.05, 4.69) is 46.5 Å². The van der Waals surface area contributed by atoms with Crippen molar-refractivity contribution in [3.05, 3.63) is 24.3 Å². The van der Waals surface area contributed by atoms with E-state index in [0.717, 1.165) is 37.8 Å². The molecule has 1 heterocycles. The van der Waals surface area contributed by atoms with E-state index >= 15 is 0 Å². The highest BCUT2D eigenvalue weighted by Gasteiger charge is 2.25. The number of benzene rings is 1. The number of ether oxygens (including phenoxy) is 1. The average molecular weight is 332 g/mol. The predicted molar refractivity (Wildman–Crippen MR) is 102 cm³/mol. The molecule has 1 saturated heterocycles. The molecule has 5 nitrogen and oxygen atoms in total. The third-order valence-corrected chi connectivity index (χ3v) is 4.89. The van der Waals surface area contributed by atoms with Gasteiger partial charge in [0, 0.05) is 32.7 Å². The Balaban J connectivity index is 1.88. The summed E-state index contributed by atoms with van der Waals surface area (Å²) in [6.45, 7) is 7.46. The van der Waals surface area contributed by atoms with Gasteiger partial charge in [-0.2, -0.15) is 0 Å². The fourth-order valence-electron chi connectivity index (χ4n) is 3.19. The number of nitrogens with zero attached hydrogens (tertiary/aromatic N) is 2. The van der Waals surface area contributed by atoms with Gasteiger partial charge < -0.3 is 20.3 Å². The number of hydrogen-bond acceptors (Lipinski definition) is 3. The van der Waals surface area contributed by atoms with Crippen molar-refractivity contribution in [3.8, 4) is 5.75 Å². The normalized spacial score (nSPS) is 18.1. The number of rotatable bonds is 7. The number of anilines is 1. The van der Waals surface area contributed by atoms with Crippen LogP contribution in [0.4, 0.5) is 5.69 Å². The zero-order chi connectivity index (χ0) is 17.4. The number of methoxy groups -OCH3 is 1. The van der Waals surface area contributed by atoms with E-state index in [1.807, 2.05) is 19.2 Å². The van der Waals surface area contributed by atoms with Crippen molar-refractivity contribution in [2.75, 3.05) is 38.7 Å². The third kappa shape index (κ3) is 4.79. The molecule has 134 valence electrons. The minimum absolute atomic E-state index is 0.405. The molecule has 0 radical (unpaired) electrons. The molecule has 1 atom stereocenters. The van der Waals surface area contributed by atoms with Gasteiger partial charge in [0.25, 0.3) is 0 Å². The first-order chi connectivity index (χ1) is 11.7. The van der Waals surface area contributed by atoms with Gasteiger partial charge in [0.2, 0.25) is 0 Å². The SMILES string of the molecule is CCC(CC)CNC(=NC)NC1CCN(c2ccccc2OC)C1. The summed E-state index contributed by atoms with van der Waals surface area (Å²) < 4.78 is 5.49. The zero-order valence-corrected chi connectivity index (χ0v) is 15.5. The molecule has 2 rings (SSSR count). The number of para-hydroxylation sites is 2. The Morgan fingerprint density at radius 3 is 2.75 bits per heavy atom. The van der Waals surface area contributed by atoms with Crippen molar-refractivity contribution < 1.29 is 4.74 Å². The Morgan fingerprint density at radius 1 is 1.33 bits per heavy atom. The molecule has 2 N–H and O–H groups in total. The Bertz CT molecular complexity index is 528. The summed E-state index contributed by atoms with van der Waals surface area (Å²) in [5, 5.41) is 7.03. The Morgan fingerprint density at radius 2 is 2.08 bits per heavy atom. The third-order valence-electron chi connectivity index (χ3n) is 4.89. The van der Waals surface area contributed by atoms with Crippen molar-refractivity contribution in [2.45, 2.75) is 39.2 Å². The standard InChI is InChI=1S/C19H32N4O/c1-5-15(6-2)13-21-19(20-3)22-16-11-12-23(14-16)17-9-7-8-10-18(17)24-4/h7-10,15-16H,5-6,11-14H2,1-4H3,(H2,20,21,22). The van der Waals surface area contributed by atoms with Crippen LogP contribution in [0.25, 0.3) is 0 Å². The number of hydrogen-bond donors (Lipinski definition) is 2. The molecule has 0 aromatic heterocycles. The zero-order valence-electron chi connectivity index (χ0n) is 15.5. The lowest BCUT2D eigenvalue weighted by atomic mass is 10.0. The van der Waals surface area contributed by atoms with Gasteiger partial charge in [-0.15, -0.1) is 0 Å². The second-order valence-corrected chi connectivity index (χ2v) is 6.38. The van der Waals surface area contributed by atoms with Crippen molar-refractivity contribution in [1.29, 1.82) is 0 Å². The highest BCUT2D eigenvalue weighted by molar-refractivity contribution is 5.80.